The molecule has 0 aliphatic carbocycles. The van der Waals surface area contributed by atoms with Crippen LogP contribution < -0.4 is 0 Å². The van der Waals surface area contributed by atoms with E-state index in [0.717, 1.165) is 36.2 Å². The highest BCUT2D eigenvalue weighted by molar-refractivity contribution is 9.11. The predicted octanol–water partition coefficient (Wildman–Crippen LogP) is 5.49. The first-order chi connectivity index (χ1) is 10.2. The summed E-state index contributed by atoms with van der Waals surface area (Å²) in [4.78, 5) is 0.925. The Balaban J connectivity index is 1.88. The van der Waals surface area contributed by atoms with Gasteiger partial charge in [-0.1, -0.05) is 24.3 Å². The van der Waals surface area contributed by atoms with Crippen LogP contribution >= 0.6 is 27.3 Å². The lowest BCUT2D eigenvalue weighted by molar-refractivity contribution is 0.224. The quantitative estimate of drug-likeness (QED) is 0.513. The maximum Gasteiger partial charge on any atom is 0.135 e. The van der Waals surface area contributed by atoms with Crippen molar-refractivity contribution in [2.75, 3.05) is 0 Å². The number of thiophene rings is 1. The second kappa shape index (κ2) is 4.98. The van der Waals surface area contributed by atoms with E-state index >= 15 is 0 Å². The molecule has 4 aromatic rings. The number of hydrogen-bond donors (Lipinski definition) is 1. The number of furan rings is 1. The molecule has 2 heterocycles. The standard InChI is InChI=1S/C17H11BrO2S/c18-16-8-7-15(21-16)17(19)10-5-6-14-12(9-10)11-3-1-2-4-13(11)20-14/h1-9,17,19H. The summed E-state index contributed by atoms with van der Waals surface area (Å²) in [5, 5.41) is 12.7. The van der Waals surface area contributed by atoms with E-state index in [1.54, 1.807) is 11.3 Å². The van der Waals surface area contributed by atoms with Crippen LogP contribution in [-0.4, -0.2) is 5.11 Å². The Morgan fingerprint density at radius 1 is 0.952 bits per heavy atom. The van der Waals surface area contributed by atoms with Gasteiger partial charge in [-0.3, -0.25) is 0 Å². The number of rotatable bonds is 2. The van der Waals surface area contributed by atoms with Gasteiger partial charge in [0.15, 0.2) is 0 Å². The largest absolute Gasteiger partial charge is 0.456 e. The Kier molecular flexibility index (Phi) is 3.10. The summed E-state index contributed by atoms with van der Waals surface area (Å²) >= 11 is 4.98. The molecule has 4 rings (SSSR count). The van der Waals surface area contributed by atoms with Gasteiger partial charge in [-0.25, -0.2) is 0 Å². The summed E-state index contributed by atoms with van der Waals surface area (Å²) in [6.07, 6.45) is -0.612. The van der Waals surface area contributed by atoms with E-state index in [1.165, 1.54) is 0 Å². The maximum absolute atomic E-state index is 10.5. The predicted molar refractivity (Wildman–Crippen MR) is 89.8 cm³/mol. The summed E-state index contributed by atoms with van der Waals surface area (Å²) in [5.74, 6) is 0. The first-order valence-electron chi connectivity index (χ1n) is 6.57. The molecule has 0 radical (unpaired) electrons. The van der Waals surface area contributed by atoms with Gasteiger partial charge in [-0.05, 0) is 51.8 Å². The number of benzene rings is 2. The normalized spacial score (nSPS) is 13.0. The maximum atomic E-state index is 10.5. The molecule has 1 unspecified atom stereocenters. The second-order valence-corrected chi connectivity index (χ2v) is 7.39. The molecule has 104 valence electrons. The fraction of sp³-hybridized carbons (Fsp3) is 0.0588. The van der Waals surface area contributed by atoms with Gasteiger partial charge in [0.1, 0.15) is 17.3 Å². The fourth-order valence-electron chi connectivity index (χ4n) is 2.55. The molecule has 0 amide bonds. The summed E-state index contributed by atoms with van der Waals surface area (Å²) in [7, 11) is 0. The van der Waals surface area contributed by atoms with Crippen LogP contribution in [0.15, 0.2) is 62.8 Å². The van der Waals surface area contributed by atoms with Crippen molar-refractivity contribution in [2.45, 2.75) is 6.10 Å². The fourth-order valence-corrected chi connectivity index (χ4v) is 3.99. The minimum Gasteiger partial charge on any atom is -0.456 e. The molecule has 2 nitrogen and oxygen atoms in total. The van der Waals surface area contributed by atoms with Crippen molar-refractivity contribution >= 4 is 49.2 Å². The molecule has 2 aromatic heterocycles. The van der Waals surface area contributed by atoms with E-state index in [9.17, 15) is 5.11 Å². The van der Waals surface area contributed by atoms with Crippen molar-refractivity contribution < 1.29 is 9.52 Å². The van der Waals surface area contributed by atoms with Crippen LogP contribution in [0.2, 0.25) is 0 Å². The monoisotopic (exact) mass is 358 g/mol. The van der Waals surface area contributed by atoms with Gasteiger partial charge in [0.05, 0.1) is 3.79 Å². The highest BCUT2D eigenvalue weighted by Crippen LogP contribution is 2.35. The van der Waals surface area contributed by atoms with Gasteiger partial charge in [0, 0.05) is 15.6 Å². The average molecular weight is 359 g/mol. The van der Waals surface area contributed by atoms with E-state index in [-0.39, 0.29) is 0 Å². The van der Waals surface area contributed by atoms with E-state index < -0.39 is 6.10 Å². The third-order valence-electron chi connectivity index (χ3n) is 3.58. The summed E-state index contributed by atoms with van der Waals surface area (Å²) in [6, 6.07) is 17.7. The van der Waals surface area contributed by atoms with Crippen LogP contribution in [0.25, 0.3) is 21.9 Å². The van der Waals surface area contributed by atoms with Crippen molar-refractivity contribution in [3.63, 3.8) is 0 Å². The Hall–Kier alpha value is -1.62. The van der Waals surface area contributed by atoms with Crippen LogP contribution in [0.4, 0.5) is 0 Å². The molecule has 0 fully saturated rings. The highest BCUT2D eigenvalue weighted by Gasteiger charge is 2.15. The lowest BCUT2D eigenvalue weighted by Crippen LogP contribution is -1.96. The number of hydrogen-bond acceptors (Lipinski definition) is 3. The SMILES string of the molecule is OC(c1ccc2oc3ccccc3c2c1)c1ccc(Br)s1. The lowest BCUT2D eigenvalue weighted by atomic mass is 10.0. The molecule has 0 spiro atoms. The van der Waals surface area contributed by atoms with Crippen molar-refractivity contribution in [1.29, 1.82) is 0 Å². The van der Waals surface area contributed by atoms with Gasteiger partial charge >= 0.3 is 0 Å². The first kappa shape index (κ1) is 13.1. The van der Waals surface area contributed by atoms with E-state index in [2.05, 4.69) is 15.9 Å². The Morgan fingerprint density at radius 2 is 1.76 bits per heavy atom. The zero-order chi connectivity index (χ0) is 14.4. The third kappa shape index (κ3) is 2.20. The number of halogens is 1. The smallest absolute Gasteiger partial charge is 0.135 e. The Morgan fingerprint density at radius 3 is 2.57 bits per heavy atom. The minimum absolute atomic E-state index is 0.612. The molecule has 4 heteroatoms. The molecule has 2 aromatic carbocycles. The Bertz CT molecular complexity index is 938. The summed E-state index contributed by atoms with van der Waals surface area (Å²) < 4.78 is 6.83. The lowest BCUT2D eigenvalue weighted by Gasteiger charge is -2.08. The topological polar surface area (TPSA) is 33.4 Å². The van der Waals surface area contributed by atoms with Gasteiger partial charge in [0.2, 0.25) is 0 Å². The van der Waals surface area contributed by atoms with Crippen LogP contribution in [0, 0.1) is 0 Å². The molecular formula is C17H11BrO2S. The molecular weight excluding hydrogens is 348 g/mol. The van der Waals surface area contributed by atoms with Crippen molar-refractivity contribution in [3.05, 3.63) is 68.8 Å². The molecule has 0 saturated heterocycles. The molecule has 0 aliphatic heterocycles. The molecule has 0 saturated carbocycles. The molecule has 0 bridgehead atoms. The van der Waals surface area contributed by atoms with Crippen LogP contribution in [0.1, 0.15) is 16.5 Å². The van der Waals surface area contributed by atoms with Crippen LogP contribution in [0.5, 0.6) is 0 Å². The molecule has 0 aliphatic rings. The van der Waals surface area contributed by atoms with Gasteiger partial charge < -0.3 is 9.52 Å². The molecule has 1 N–H and O–H groups in total. The van der Waals surface area contributed by atoms with Crippen molar-refractivity contribution in [2.24, 2.45) is 0 Å². The Labute approximate surface area is 133 Å². The first-order valence-corrected chi connectivity index (χ1v) is 8.18. The molecule has 1 atom stereocenters. The summed E-state index contributed by atoms with van der Waals surface area (Å²) in [6.45, 7) is 0. The second-order valence-electron chi connectivity index (χ2n) is 4.90. The number of para-hydroxylation sites is 1. The van der Waals surface area contributed by atoms with E-state index in [4.69, 9.17) is 4.42 Å². The zero-order valence-corrected chi connectivity index (χ0v) is 13.3. The molecule has 21 heavy (non-hydrogen) atoms. The summed E-state index contributed by atoms with van der Waals surface area (Å²) in [5.41, 5.74) is 2.60. The zero-order valence-electron chi connectivity index (χ0n) is 10.9. The van der Waals surface area contributed by atoms with Crippen LogP contribution in [0.3, 0.4) is 0 Å². The van der Waals surface area contributed by atoms with Crippen molar-refractivity contribution in [3.8, 4) is 0 Å². The average Bonchev–Trinajstić information content (AvgIpc) is 3.09. The number of aliphatic hydroxyl groups excluding tert-OH is 1. The van der Waals surface area contributed by atoms with Crippen molar-refractivity contribution in [1.82, 2.24) is 0 Å². The van der Waals surface area contributed by atoms with Gasteiger partial charge in [-0.2, -0.15) is 0 Å². The van der Waals surface area contributed by atoms with Gasteiger partial charge in [0.25, 0.3) is 0 Å². The van der Waals surface area contributed by atoms with E-state index in [0.29, 0.717) is 0 Å². The van der Waals surface area contributed by atoms with Gasteiger partial charge in [-0.15, -0.1) is 11.3 Å². The highest BCUT2D eigenvalue weighted by atomic mass is 79.9. The minimum atomic E-state index is -0.612. The third-order valence-corrected chi connectivity index (χ3v) is 5.26. The van der Waals surface area contributed by atoms with E-state index in [1.807, 2.05) is 54.6 Å². The number of fused-ring (bicyclic) bond motifs is 3. The number of aliphatic hydroxyl groups is 1. The van der Waals surface area contributed by atoms with Crippen LogP contribution in [-0.2, 0) is 0 Å².